The highest BCUT2D eigenvalue weighted by molar-refractivity contribution is 5.89. The highest BCUT2D eigenvalue weighted by Gasteiger charge is 2.15. The van der Waals surface area contributed by atoms with Crippen LogP contribution in [0.15, 0.2) is 36.5 Å². The van der Waals surface area contributed by atoms with Crippen molar-refractivity contribution in [3.63, 3.8) is 0 Å². The summed E-state index contributed by atoms with van der Waals surface area (Å²) >= 11 is 0. The van der Waals surface area contributed by atoms with Crippen LogP contribution in [0.1, 0.15) is 36.8 Å². The molecule has 1 aromatic heterocycles. The number of rotatable bonds is 2. The summed E-state index contributed by atoms with van der Waals surface area (Å²) < 4.78 is 4.69. The van der Waals surface area contributed by atoms with Gasteiger partial charge in [0, 0.05) is 11.8 Å². The summed E-state index contributed by atoms with van der Waals surface area (Å²) in [7, 11) is 1.38. The molecular formula is C16H19NO2. The molecule has 19 heavy (non-hydrogen) atoms. The Morgan fingerprint density at radius 2 is 1.89 bits per heavy atom. The SMILES string of the molecule is COC(=O)c1cc(-c2cccc(C(C)(C)C)c2)c[nH]1. The summed E-state index contributed by atoms with van der Waals surface area (Å²) in [6, 6.07) is 10.2. The van der Waals surface area contributed by atoms with Crippen LogP contribution in [0.2, 0.25) is 0 Å². The molecule has 0 aliphatic carbocycles. The number of hydrogen-bond acceptors (Lipinski definition) is 2. The average molecular weight is 257 g/mol. The van der Waals surface area contributed by atoms with E-state index in [2.05, 4.69) is 37.9 Å². The highest BCUT2D eigenvalue weighted by Crippen LogP contribution is 2.27. The first-order valence-corrected chi connectivity index (χ1v) is 6.29. The van der Waals surface area contributed by atoms with Gasteiger partial charge in [-0.2, -0.15) is 0 Å². The molecule has 0 fully saturated rings. The van der Waals surface area contributed by atoms with Crippen LogP contribution >= 0.6 is 0 Å². The van der Waals surface area contributed by atoms with Gasteiger partial charge in [-0.05, 0) is 22.6 Å². The van der Waals surface area contributed by atoms with Crippen molar-refractivity contribution in [1.29, 1.82) is 0 Å². The molecule has 0 aliphatic rings. The Bertz CT molecular complexity index is 591. The zero-order valence-corrected chi connectivity index (χ0v) is 11.8. The molecule has 0 aliphatic heterocycles. The van der Waals surface area contributed by atoms with Crippen molar-refractivity contribution < 1.29 is 9.53 Å². The van der Waals surface area contributed by atoms with Gasteiger partial charge in [0.1, 0.15) is 5.69 Å². The van der Waals surface area contributed by atoms with E-state index in [1.807, 2.05) is 24.4 Å². The smallest absolute Gasteiger partial charge is 0.354 e. The van der Waals surface area contributed by atoms with Crippen molar-refractivity contribution in [3.8, 4) is 11.1 Å². The van der Waals surface area contributed by atoms with Crippen molar-refractivity contribution in [2.45, 2.75) is 26.2 Å². The Morgan fingerprint density at radius 1 is 1.16 bits per heavy atom. The lowest BCUT2D eigenvalue weighted by Crippen LogP contribution is -2.10. The van der Waals surface area contributed by atoms with Crippen LogP contribution in [0.3, 0.4) is 0 Å². The van der Waals surface area contributed by atoms with Crippen LogP contribution in [0.25, 0.3) is 11.1 Å². The molecule has 1 heterocycles. The van der Waals surface area contributed by atoms with Gasteiger partial charge in [-0.25, -0.2) is 4.79 Å². The summed E-state index contributed by atoms with van der Waals surface area (Å²) in [5.74, 6) is -0.349. The van der Waals surface area contributed by atoms with E-state index in [1.165, 1.54) is 12.7 Å². The topological polar surface area (TPSA) is 42.1 Å². The number of esters is 1. The van der Waals surface area contributed by atoms with Crippen LogP contribution < -0.4 is 0 Å². The molecule has 1 N–H and O–H groups in total. The molecule has 0 bridgehead atoms. The number of hydrogen-bond donors (Lipinski definition) is 1. The number of aromatic amines is 1. The number of methoxy groups -OCH3 is 1. The summed E-state index contributed by atoms with van der Waals surface area (Å²) in [6.07, 6.45) is 1.83. The molecule has 0 unspecified atom stereocenters. The fraction of sp³-hybridized carbons (Fsp3) is 0.312. The predicted molar refractivity (Wildman–Crippen MR) is 76.3 cm³/mol. The fourth-order valence-electron chi connectivity index (χ4n) is 1.95. The highest BCUT2D eigenvalue weighted by atomic mass is 16.5. The van der Waals surface area contributed by atoms with Gasteiger partial charge in [0.2, 0.25) is 0 Å². The number of nitrogens with one attached hydrogen (secondary N) is 1. The van der Waals surface area contributed by atoms with Crippen molar-refractivity contribution in [2.75, 3.05) is 7.11 Å². The molecule has 0 atom stereocenters. The molecule has 3 nitrogen and oxygen atoms in total. The standard InChI is InChI=1S/C16H19NO2/c1-16(2,3)13-7-5-6-11(8-13)12-9-14(17-10-12)15(18)19-4/h5-10,17H,1-4H3. The third-order valence-electron chi connectivity index (χ3n) is 3.15. The van der Waals surface area contributed by atoms with Crippen molar-refractivity contribution in [1.82, 2.24) is 4.98 Å². The van der Waals surface area contributed by atoms with Crippen LogP contribution in [0, 0.1) is 0 Å². The molecule has 100 valence electrons. The minimum atomic E-state index is -0.349. The second kappa shape index (κ2) is 4.92. The summed E-state index contributed by atoms with van der Waals surface area (Å²) in [4.78, 5) is 14.4. The normalized spacial score (nSPS) is 11.4. The second-order valence-corrected chi connectivity index (χ2v) is 5.62. The third kappa shape index (κ3) is 2.87. The minimum Gasteiger partial charge on any atom is -0.464 e. The van der Waals surface area contributed by atoms with E-state index in [0.29, 0.717) is 5.69 Å². The second-order valence-electron chi connectivity index (χ2n) is 5.62. The molecule has 2 rings (SSSR count). The molecular weight excluding hydrogens is 238 g/mol. The minimum absolute atomic E-state index is 0.109. The van der Waals surface area contributed by atoms with E-state index >= 15 is 0 Å². The average Bonchev–Trinajstić information content (AvgIpc) is 2.86. The number of carbonyl (C=O) groups is 1. The molecule has 0 spiro atoms. The molecule has 1 aromatic carbocycles. The molecule has 0 amide bonds. The van der Waals surface area contributed by atoms with Gasteiger partial charge in [0.15, 0.2) is 0 Å². The lowest BCUT2D eigenvalue weighted by atomic mass is 9.86. The van der Waals surface area contributed by atoms with Gasteiger partial charge in [-0.1, -0.05) is 45.0 Å². The fourth-order valence-corrected chi connectivity index (χ4v) is 1.95. The molecule has 2 aromatic rings. The maximum Gasteiger partial charge on any atom is 0.354 e. The van der Waals surface area contributed by atoms with E-state index in [-0.39, 0.29) is 11.4 Å². The summed E-state index contributed by atoms with van der Waals surface area (Å²) in [5.41, 5.74) is 3.94. The van der Waals surface area contributed by atoms with E-state index in [9.17, 15) is 4.79 Å². The van der Waals surface area contributed by atoms with Crippen molar-refractivity contribution >= 4 is 5.97 Å². The predicted octanol–water partition coefficient (Wildman–Crippen LogP) is 3.77. The Balaban J connectivity index is 2.37. The largest absolute Gasteiger partial charge is 0.464 e. The molecule has 0 saturated carbocycles. The lowest BCUT2D eigenvalue weighted by Gasteiger charge is -2.19. The first-order valence-electron chi connectivity index (χ1n) is 6.29. The van der Waals surface area contributed by atoms with Crippen molar-refractivity contribution in [2.24, 2.45) is 0 Å². The Kier molecular flexibility index (Phi) is 3.47. The maximum atomic E-state index is 11.4. The maximum absolute atomic E-state index is 11.4. The van der Waals surface area contributed by atoms with Gasteiger partial charge < -0.3 is 9.72 Å². The first kappa shape index (κ1) is 13.4. The lowest BCUT2D eigenvalue weighted by molar-refractivity contribution is 0.0595. The van der Waals surface area contributed by atoms with Gasteiger partial charge in [0.05, 0.1) is 7.11 Å². The van der Waals surface area contributed by atoms with Gasteiger partial charge in [-0.15, -0.1) is 0 Å². The first-order chi connectivity index (χ1) is 8.91. The number of benzene rings is 1. The zero-order chi connectivity index (χ0) is 14.0. The van der Waals surface area contributed by atoms with E-state index in [4.69, 9.17) is 4.74 Å². The monoisotopic (exact) mass is 257 g/mol. The van der Waals surface area contributed by atoms with Gasteiger partial charge >= 0.3 is 5.97 Å². The summed E-state index contributed by atoms with van der Waals surface area (Å²) in [5, 5.41) is 0. The van der Waals surface area contributed by atoms with Crippen LogP contribution in [0.4, 0.5) is 0 Å². The van der Waals surface area contributed by atoms with E-state index < -0.39 is 0 Å². The molecule has 0 radical (unpaired) electrons. The number of H-pyrrole nitrogens is 1. The Morgan fingerprint density at radius 3 is 2.53 bits per heavy atom. The van der Waals surface area contributed by atoms with Gasteiger partial charge in [0.25, 0.3) is 0 Å². The molecule has 3 heteroatoms. The summed E-state index contributed by atoms with van der Waals surface area (Å²) in [6.45, 7) is 6.55. The number of ether oxygens (including phenoxy) is 1. The Hall–Kier alpha value is -2.03. The van der Waals surface area contributed by atoms with Crippen LogP contribution in [0.5, 0.6) is 0 Å². The van der Waals surface area contributed by atoms with Crippen LogP contribution in [-0.2, 0) is 10.2 Å². The quantitative estimate of drug-likeness (QED) is 0.832. The van der Waals surface area contributed by atoms with Crippen molar-refractivity contribution in [3.05, 3.63) is 47.8 Å². The Labute approximate surface area is 113 Å². The van der Waals surface area contributed by atoms with E-state index in [1.54, 1.807) is 0 Å². The third-order valence-corrected chi connectivity index (χ3v) is 3.15. The number of carbonyl (C=O) groups excluding carboxylic acids is 1. The van der Waals surface area contributed by atoms with Crippen LogP contribution in [-0.4, -0.2) is 18.1 Å². The number of aromatic nitrogens is 1. The van der Waals surface area contributed by atoms with E-state index in [0.717, 1.165) is 11.1 Å². The zero-order valence-electron chi connectivity index (χ0n) is 11.8. The molecule has 0 saturated heterocycles. The van der Waals surface area contributed by atoms with Gasteiger partial charge in [-0.3, -0.25) is 0 Å².